The van der Waals surface area contributed by atoms with Gasteiger partial charge in [0.25, 0.3) is 32.1 Å². The number of piperidine rings is 2. The van der Waals surface area contributed by atoms with Crippen LogP contribution in [0.4, 0.5) is 79.3 Å². The molecule has 5 heterocycles. The molecular weight excluding hydrogens is 1430 g/mol. The molecule has 5 aromatic carbocycles. The number of ether oxygens (including phenoxy) is 2. The molecule has 0 spiro atoms. The summed E-state index contributed by atoms with van der Waals surface area (Å²) in [4.78, 5) is 87.8. The number of aromatic nitrogens is 5. The van der Waals surface area contributed by atoms with Gasteiger partial charge in [0.2, 0.25) is 22.2 Å². The first-order valence-corrected chi connectivity index (χ1v) is 38.9. The molecule has 546 valence electrons. The summed E-state index contributed by atoms with van der Waals surface area (Å²) in [7, 11) is -5.87. The van der Waals surface area contributed by atoms with Gasteiger partial charge in [-0.1, -0.05) is 64.8 Å². The summed E-state index contributed by atoms with van der Waals surface area (Å²) in [5.41, 5.74) is 3.83. The zero-order valence-corrected chi connectivity index (χ0v) is 62.5. The lowest BCUT2D eigenvalue weighted by Gasteiger charge is -2.27. The molecule has 2 aliphatic heterocycles. The fourth-order valence-electron chi connectivity index (χ4n) is 11.4. The van der Waals surface area contributed by atoms with Gasteiger partial charge in [0.1, 0.15) is 34.5 Å². The molecule has 2 aliphatic rings. The molecule has 0 radical (unpaired) electrons. The SMILES string of the molecule is CCN(CC)c1cc(Nc2nc(Nc3cc(N(CC)CC)c(OC)cc3N=Nc3nc(N4CCCCC4)c(/C=C(\C(C)=O)C(=O)Nc4ccc(S(=O)(=O)O)cc4)s3)nc(SCc3ccccc3)n2)c(N=Nc2nc(N3CCCCC3)c(/C=C(/C(C)=O)C(=O)Nc3ccc(S(=O)(=O)O)cc3)s2)cc1OC. The lowest BCUT2D eigenvalue weighted by atomic mass is 10.1. The van der Waals surface area contributed by atoms with E-state index in [1.165, 1.54) is 62.0 Å². The van der Waals surface area contributed by atoms with Crippen LogP contribution in [0.3, 0.4) is 0 Å². The Morgan fingerprint density at radius 1 is 0.548 bits per heavy atom. The van der Waals surface area contributed by atoms with Crippen LogP contribution in [0, 0.1) is 0 Å². The van der Waals surface area contributed by atoms with Gasteiger partial charge in [-0.05, 0) is 158 Å². The molecule has 6 N–H and O–H groups in total. The Morgan fingerprint density at radius 2 is 0.942 bits per heavy atom. The maximum Gasteiger partial charge on any atom is 0.294 e. The van der Waals surface area contributed by atoms with Crippen LogP contribution in [0.2, 0.25) is 0 Å². The summed E-state index contributed by atoms with van der Waals surface area (Å²) < 4.78 is 78.0. The Morgan fingerprint density at radius 3 is 1.30 bits per heavy atom. The Bertz CT molecular complexity index is 4530. The molecule has 0 atom stereocenters. The Balaban J connectivity index is 1.04. The average molecular weight is 1510 g/mol. The number of benzene rings is 5. The number of hydrogen-bond acceptors (Lipinski definition) is 28. The van der Waals surface area contributed by atoms with E-state index in [-0.39, 0.29) is 54.5 Å². The third-order valence-electron chi connectivity index (χ3n) is 16.8. The number of thiazole rings is 2. The van der Waals surface area contributed by atoms with Crippen LogP contribution < -0.4 is 50.3 Å². The number of thioether (sulfide) groups is 1. The largest absolute Gasteiger partial charge is 0.494 e. The number of amides is 2. The number of carbonyl (C=O) groups excluding carboxylic acids is 4. The highest BCUT2D eigenvalue weighted by Gasteiger charge is 2.27. The van der Waals surface area contributed by atoms with E-state index >= 15 is 0 Å². The first-order valence-electron chi connectivity index (χ1n) is 33.4. The molecule has 10 rings (SSSR count). The number of carbonyl (C=O) groups is 4. The molecule has 0 saturated carbocycles. The van der Waals surface area contributed by atoms with E-state index in [9.17, 15) is 45.1 Å². The molecule has 29 nitrogen and oxygen atoms in total. The third kappa shape index (κ3) is 19.6. The van der Waals surface area contributed by atoms with Crippen LogP contribution in [-0.2, 0) is 45.2 Å². The monoisotopic (exact) mass is 1510 g/mol. The molecule has 2 saturated heterocycles. The summed E-state index contributed by atoms with van der Waals surface area (Å²) in [5, 5.41) is 32.0. The quantitative estimate of drug-likeness (QED) is 0.00587. The number of Topliss-reactive ketones (excluding diaryl/α,β-unsaturated/α-hetero) is 2. The highest BCUT2D eigenvalue weighted by molar-refractivity contribution is 7.98. The molecule has 3 aromatic heterocycles. The Kier molecular flexibility index (Phi) is 25.7. The maximum absolute atomic E-state index is 13.9. The van der Waals surface area contributed by atoms with Crippen molar-refractivity contribution in [1.82, 2.24) is 24.9 Å². The third-order valence-corrected chi connectivity index (χ3v) is 21.2. The smallest absolute Gasteiger partial charge is 0.294 e. The highest BCUT2D eigenvalue weighted by atomic mass is 32.2. The summed E-state index contributed by atoms with van der Waals surface area (Å²) in [5.74, 6) is 0.0659. The van der Waals surface area contributed by atoms with Gasteiger partial charge in [-0.3, -0.25) is 28.3 Å². The van der Waals surface area contributed by atoms with E-state index in [1.54, 1.807) is 26.4 Å². The van der Waals surface area contributed by atoms with Crippen molar-refractivity contribution in [2.45, 2.75) is 101 Å². The van der Waals surface area contributed by atoms with Crippen LogP contribution in [0.1, 0.15) is 95.4 Å². The highest BCUT2D eigenvalue weighted by Crippen LogP contribution is 2.45. The number of methoxy groups -OCH3 is 2. The molecule has 0 unspecified atom stereocenters. The normalized spacial score (nSPS) is 13.8. The minimum absolute atomic E-state index is 0.103. The summed E-state index contributed by atoms with van der Waals surface area (Å²) in [6.45, 7) is 15.7. The van der Waals surface area contributed by atoms with Crippen molar-refractivity contribution in [3.8, 4) is 11.5 Å². The lowest BCUT2D eigenvalue weighted by molar-refractivity contribution is -0.120. The molecule has 0 aliphatic carbocycles. The fraction of sp³-hybridized carbons (Fsp3) is 0.329. The predicted molar refractivity (Wildman–Crippen MR) is 407 cm³/mol. The number of nitrogens with one attached hydrogen (secondary N) is 4. The minimum atomic E-state index is -4.50. The molecule has 0 bridgehead atoms. The molecule has 2 amide bonds. The van der Waals surface area contributed by atoms with Crippen molar-refractivity contribution in [2.24, 2.45) is 20.5 Å². The van der Waals surface area contributed by atoms with Gasteiger partial charge >= 0.3 is 0 Å². The molecular formula is C70H79N17O12S5. The number of anilines is 10. The first kappa shape index (κ1) is 76.5. The number of azo groups is 2. The van der Waals surface area contributed by atoms with Crippen LogP contribution in [-0.4, -0.2) is 141 Å². The number of rotatable bonds is 31. The summed E-state index contributed by atoms with van der Waals surface area (Å²) >= 11 is 3.61. The van der Waals surface area contributed by atoms with E-state index in [1.807, 2.05) is 70.2 Å². The zero-order chi connectivity index (χ0) is 74.2. The van der Waals surface area contributed by atoms with Crippen LogP contribution in [0.5, 0.6) is 11.5 Å². The topological polar surface area (TPSA) is 370 Å². The van der Waals surface area contributed by atoms with Gasteiger partial charge < -0.3 is 50.3 Å². The second-order valence-corrected chi connectivity index (χ2v) is 29.5. The van der Waals surface area contributed by atoms with Crippen molar-refractivity contribution in [3.05, 3.63) is 130 Å². The van der Waals surface area contributed by atoms with Gasteiger partial charge in [-0.15, -0.1) is 20.5 Å². The minimum Gasteiger partial charge on any atom is -0.494 e. The van der Waals surface area contributed by atoms with Gasteiger partial charge in [0.05, 0.1) is 67.7 Å². The van der Waals surface area contributed by atoms with E-state index in [0.717, 1.165) is 102 Å². The fourth-order valence-corrected chi connectivity index (χ4v) is 14.9. The molecule has 104 heavy (non-hydrogen) atoms. The predicted octanol–water partition coefficient (Wildman–Crippen LogP) is 14.8. The standard InChI is InChI=1S/C70H79N17O12S5/c1-9-84(10-2)56-38-52(54(40-58(56)98-7)80-82-69-75-62(86-32-18-14-19-33-86)60(101-69)36-50(43(5)88)64(90)71-46-24-28-48(29-25-46)103(92,93)94)73-66-77-67(79-68(78-66)100-42-45-22-16-13-17-23-45)74-53-39-57(85(11-3)12-4)59(99-8)41-55(53)81-83-70-76-63(87-34-20-15-21-35-87)61(102-70)37-51(44(6)89)65(91)72-47-26-30-49(31-27-47)104(95,96)97/h13,16-17,22-31,36-41H,9-12,14-15,18-21,32-35,42H2,1-8H3,(H,71,90)(H,72,91)(H,92,93,94)(H,95,96,97)(H2,73,74,77,78,79)/b50-36-,51-37+,82-80?,83-81?. The Hall–Kier alpha value is -10.1. The molecule has 2 fully saturated rings. The van der Waals surface area contributed by atoms with Crippen molar-refractivity contribution in [1.29, 1.82) is 0 Å². The second kappa shape index (κ2) is 34.9. The Labute approximate surface area is 615 Å². The van der Waals surface area contributed by atoms with Crippen molar-refractivity contribution < 1.29 is 54.6 Å². The van der Waals surface area contributed by atoms with E-state index < -0.39 is 43.6 Å². The van der Waals surface area contributed by atoms with E-state index in [2.05, 4.69) is 40.9 Å². The number of nitrogens with zero attached hydrogens (tertiary/aromatic N) is 13. The van der Waals surface area contributed by atoms with Gasteiger partial charge in [0, 0.05) is 81.6 Å². The number of ketones is 2. The number of hydrogen-bond donors (Lipinski definition) is 6. The van der Waals surface area contributed by atoms with Crippen molar-refractivity contribution in [3.63, 3.8) is 0 Å². The molecule has 34 heteroatoms. The lowest BCUT2D eigenvalue weighted by Crippen LogP contribution is -2.30. The molecule has 8 aromatic rings. The van der Waals surface area contributed by atoms with Gasteiger partial charge in [-0.2, -0.15) is 41.8 Å². The zero-order valence-electron chi connectivity index (χ0n) is 58.4. The van der Waals surface area contributed by atoms with Gasteiger partial charge in [-0.25, -0.2) is 0 Å². The summed E-state index contributed by atoms with van der Waals surface area (Å²) in [6, 6.07) is 26.8. The van der Waals surface area contributed by atoms with Gasteiger partial charge in [0.15, 0.2) is 16.7 Å². The summed E-state index contributed by atoms with van der Waals surface area (Å²) in [6.07, 6.45) is 8.48. The maximum atomic E-state index is 13.9. The van der Waals surface area contributed by atoms with E-state index in [0.29, 0.717) is 119 Å². The van der Waals surface area contributed by atoms with Crippen LogP contribution in [0.15, 0.2) is 150 Å². The first-order chi connectivity index (χ1) is 49.9. The van der Waals surface area contributed by atoms with Crippen molar-refractivity contribution in [2.75, 3.05) is 107 Å². The van der Waals surface area contributed by atoms with Crippen molar-refractivity contribution >= 4 is 169 Å². The van der Waals surface area contributed by atoms with Crippen LogP contribution in [0.25, 0.3) is 12.2 Å². The van der Waals surface area contributed by atoms with E-state index in [4.69, 9.17) is 54.9 Å². The second-order valence-electron chi connectivity index (χ2n) is 23.7. The van der Waals surface area contributed by atoms with Crippen LogP contribution >= 0.6 is 34.4 Å². The average Bonchev–Trinajstić information content (AvgIpc) is 1.17.